The van der Waals surface area contributed by atoms with Crippen molar-refractivity contribution in [1.82, 2.24) is 4.31 Å². The van der Waals surface area contributed by atoms with Crippen LogP contribution in [0.4, 0.5) is 4.79 Å². The highest BCUT2D eigenvalue weighted by Crippen LogP contribution is 2.11. The third-order valence-electron chi connectivity index (χ3n) is 1.18. The first-order chi connectivity index (χ1) is 4.79. The van der Waals surface area contributed by atoms with E-state index in [1.54, 1.807) is 4.31 Å². The molecule has 0 bridgehead atoms. The summed E-state index contributed by atoms with van der Waals surface area (Å²) in [6.45, 7) is 2.69. The Morgan fingerprint density at radius 3 is 2.60 bits per heavy atom. The molecule has 0 aliphatic carbocycles. The van der Waals surface area contributed by atoms with Crippen LogP contribution in [-0.2, 0) is 4.74 Å². The molecule has 1 heterocycles. The molecule has 0 spiro atoms. The van der Waals surface area contributed by atoms with Crippen LogP contribution >= 0.6 is 11.9 Å². The molecule has 0 aromatic heterocycles. The topological polar surface area (TPSA) is 49.8 Å². The van der Waals surface area contributed by atoms with Crippen molar-refractivity contribution >= 4 is 17.2 Å². The highest BCUT2D eigenvalue weighted by molar-refractivity contribution is 8.11. The lowest BCUT2D eigenvalue weighted by Gasteiger charge is -2.22. The normalized spacial score (nSPS) is 20.8. The van der Waals surface area contributed by atoms with E-state index in [9.17, 15) is 4.79 Å². The fourth-order valence-electron chi connectivity index (χ4n) is 0.748. The standard InChI is InChI=1S/C5H9NO3S/c7-5(8)10-6-1-3-9-4-2-6/h1-4H2,(H,7,8). The Kier molecular flexibility index (Phi) is 2.98. The van der Waals surface area contributed by atoms with Gasteiger partial charge in [-0.1, -0.05) is 0 Å². The fraction of sp³-hybridized carbons (Fsp3) is 0.800. The molecule has 5 heteroatoms. The summed E-state index contributed by atoms with van der Waals surface area (Å²) in [6.07, 6.45) is 0. The minimum Gasteiger partial charge on any atom is -0.472 e. The molecule has 1 fully saturated rings. The van der Waals surface area contributed by atoms with Crippen LogP contribution in [0.1, 0.15) is 0 Å². The van der Waals surface area contributed by atoms with E-state index in [1.165, 1.54) is 0 Å². The zero-order valence-electron chi connectivity index (χ0n) is 5.45. The molecule has 0 atom stereocenters. The van der Waals surface area contributed by atoms with E-state index in [0.717, 1.165) is 11.9 Å². The summed E-state index contributed by atoms with van der Waals surface area (Å²) in [5, 5.41) is 7.50. The predicted octanol–water partition coefficient (Wildman–Crippen LogP) is 0.645. The summed E-state index contributed by atoms with van der Waals surface area (Å²) in [5.74, 6) is 0. The number of hydrogen-bond acceptors (Lipinski definition) is 4. The van der Waals surface area contributed by atoms with E-state index in [0.29, 0.717) is 26.3 Å². The summed E-state index contributed by atoms with van der Waals surface area (Å²) >= 11 is 0.845. The zero-order valence-corrected chi connectivity index (χ0v) is 6.26. The summed E-state index contributed by atoms with van der Waals surface area (Å²) in [5.41, 5.74) is 0. The lowest BCUT2D eigenvalue weighted by molar-refractivity contribution is 0.0773. The minimum atomic E-state index is -0.845. The van der Waals surface area contributed by atoms with E-state index in [2.05, 4.69) is 0 Å². The Balaban J connectivity index is 2.19. The van der Waals surface area contributed by atoms with Gasteiger partial charge in [-0.3, -0.25) is 0 Å². The number of morpholine rings is 1. The quantitative estimate of drug-likeness (QED) is 0.575. The lowest BCUT2D eigenvalue weighted by Crippen LogP contribution is -2.31. The SMILES string of the molecule is O=C(O)SN1CCOCC1. The molecule has 58 valence electrons. The van der Waals surface area contributed by atoms with Gasteiger partial charge in [0.25, 0.3) is 0 Å². The minimum absolute atomic E-state index is 0.639. The molecular formula is C5H9NO3S. The van der Waals surface area contributed by atoms with Gasteiger partial charge in [0.1, 0.15) is 0 Å². The first kappa shape index (κ1) is 7.84. The Morgan fingerprint density at radius 1 is 1.50 bits per heavy atom. The highest BCUT2D eigenvalue weighted by Gasteiger charge is 2.13. The molecule has 0 aromatic carbocycles. The van der Waals surface area contributed by atoms with Crippen molar-refractivity contribution in [3.05, 3.63) is 0 Å². The van der Waals surface area contributed by atoms with Gasteiger partial charge < -0.3 is 9.84 Å². The van der Waals surface area contributed by atoms with Crippen molar-refractivity contribution in [3.8, 4) is 0 Å². The molecule has 1 aliphatic rings. The first-order valence-electron chi connectivity index (χ1n) is 3.02. The molecule has 1 aliphatic heterocycles. The first-order valence-corrected chi connectivity index (χ1v) is 3.80. The molecular weight excluding hydrogens is 154 g/mol. The number of nitrogens with zero attached hydrogens (tertiary/aromatic N) is 1. The second-order valence-electron chi connectivity index (χ2n) is 1.90. The van der Waals surface area contributed by atoms with Gasteiger partial charge in [0, 0.05) is 25.0 Å². The molecule has 4 nitrogen and oxygen atoms in total. The molecule has 0 amide bonds. The highest BCUT2D eigenvalue weighted by atomic mass is 32.2. The van der Waals surface area contributed by atoms with E-state index in [-0.39, 0.29) is 0 Å². The fourth-order valence-corrected chi connectivity index (χ4v) is 1.30. The Labute approximate surface area is 63.3 Å². The number of ether oxygens (including phenoxy) is 1. The summed E-state index contributed by atoms with van der Waals surface area (Å²) in [4.78, 5) is 10.1. The number of rotatable bonds is 1. The largest absolute Gasteiger partial charge is 0.472 e. The van der Waals surface area contributed by atoms with Gasteiger partial charge in [-0.15, -0.1) is 0 Å². The predicted molar refractivity (Wildman–Crippen MR) is 38.0 cm³/mol. The van der Waals surface area contributed by atoms with Gasteiger partial charge >= 0.3 is 5.30 Å². The maximum Gasteiger partial charge on any atom is 0.380 e. The van der Waals surface area contributed by atoms with Gasteiger partial charge in [-0.25, -0.2) is 9.10 Å². The van der Waals surface area contributed by atoms with Crippen LogP contribution in [-0.4, -0.2) is 41.0 Å². The van der Waals surface area contributed by atoms with E-state index in [1.807, 2.05) is 0 Å². The van der Waals surface area contributed by atoms with E-state index in [4.69, 9.17) is 9.84 Å². The van der Waals surface area contributed by atoms with Gasteiger partial charge in [-0.05, 0) is 0 Å². The summed E-state index contributed by atoms with van der Waals surface area (Å²) in [6, 6.07) is 0. The molecule has 0 radical (unpaired) electrons. The van der Waals surface area contributed by atoms with Gasteiger partial charge in [0.2, 0.25) is 0 Å². The van der Waals surface area contributed by atoms with Crippen molar-refractivity contribution in [2.75, 3.05) is 26.3 Å². The average molecular weight is 163 g/mol. The van der Waals surface area contributed by atoms with Crippen molar-refractivity contribution < 1.29 is 14.6 Å². The van der Waals surface area contributed by atoms with Crippen LogP contribution in [0.5, 0.6) is 0 Å². The zero-order chi connectivity index (χ0) is 7.40. The Bertz CT molecular complexity index is 124. The summed E-state index contributed by atoms with van der Waals surface area (Å²) < 4.78 is 6.82. The van der Waals surface area contributed by atoms with Crippen molar-refractivity contribution in [1.29, 1.82) is 0 Å². The number of carboxylic acid groups (broad SMARTS) is 1. The molecule has 1 rings (SSSR count). The molecule has 1 saturated heterocycles. The van der Waals surface area contributed by atoms with E-state index < -0.39 is 5.30 Å². The third kappa shape index (κ3) is 2.55. The summed E-state index contributed by atoms with van der Waals surface area (Å²) in [7, 11) is 0. The smallest absolute Gasteiger partial charge is 0.380 e. The average Bonchev–Trinajstić information content (AvgIpc) is 1.88. The van der Waals surface area contributed by atoms with Crippen LogP contribution in [0.25, 0.3) is 0 Å². The molecule has 1 N–H and O–H groups in total. The molecule has 0 unspecified atom stereocenters. The monoisotopic (exact) mass is 163 g/mol. The Hall–Kier alpha value is -0.260. The van der Waals surface area contributed by atoms with Crippen molar-refractivity contribution in [3.63, 3.8) is 0 Å². The van der Waals surface area contributed by atoms with Crippen molar-refractivity contribution in [2.45, 2.75) is 0 Å². The van der Waals surface area contributed by atoms with Gasteiger partial charge in [0.15, 0.2) is 0 Å². The second kappa shape index (κ2) is 3.80. The molecule has 0 saturated carbocycles. The molecule has 10 heavy (non-hydrogen) atoms. The maximum atomic E-state index is 10.1. The number of hydrogen-bond donors (Lipinski definition) is 1. The van der Waals surface area contributed by atoms with Crippen LogP contribution in [0.2, 0.25) is 0 Å². The lowest BCUT2D eigenvalue weighted by atomic mass is 10.5. The molecule has 0 aromatic rings. The van der Waals surface area contributed by atoms with Crippen LogP contribution in [0.3, 0.4) is 0 Å². The van der Waals surface area contributed by atoms with Crippen LogP contribution in [0.15, 0.2) is 0 Å². The third-order valence-corrected chi connectivity index (χ3v) is 1.96. The number of carbonyl (C=O) groups is 1. The van der Waals surface area contributed by atoms with Gasteiger partial charge in [0.05, 0.1) is 13.2 Å². The van der Waals surface area contributed by atoms with E-state index >= 15 is 0 Å². The maximum absolute atomic E-state index is 10.1. The van der Waals surface area contributed by atoms with Gasteiger partial charge in [-0.2, -0.15) is 0 Å². The second-order valence-corrected chi connectivity index (χ2v) is 2.95. The Morgan fingerprint density at radius 2 is 2.10 bits per heavy atom. The van der Waals surface area contributed by atoms with Crippen molar-refractivity contribution in [2.24, 2.45) is 0 Å². The van der Waals surface area contributed by atoms with Crippen LogP contribution in [0, 0.1) is 0 Å². The van der Waals surface area contributed by atoms with Crippen LogP contribution < -0.4 is 0 Å².